The van der Waals surface area contributed by atoms with Crippen LogP contribution in [0.25, 0.3) is 0 Å². The molecule has 13 heteroatoms. The van der Waals surface area contributed by atoms with Gasteiger partial charge < -0.3 is 25.4 Å². The highest BCUT2D eigenvalue weighted by atomic mass is 32.1. The van der Waals surface area contributed by atoms with E-state index in [1.165, 1.54) is 11.3 Å². The van der Waals surface area contributed by atoms with Crippen molar-refractivity contribution in [2.45, 2.75) is 137 Å². The standard InChI is InChI=1S/C42H67N5O7S/c1-10-13-16-21-37(49)54-35(25-34(28(4)5)47(9)41(51)38(29(6)12-3)45-36(48)26-46(8)22-14-11-2)40-44-33(27-55-40)39(50)43-32(23-30(7)42(52)53)24-31-19-17-15-18-20-31/h15,17-20,27-30,32,34-35,38H,10-14,16,21-26H2,1-9H3,(H,43,50)(H,45,48)(H,52,53)/t29-,30-,32+,34+,35+,38-/m0/s1. The van der Waals surface area contributed by atoms with E-state index < -0.39 is 42.0 Å². The Labute approximate surface area is 333 Å². The molecule has 2 aromatic rings. The fourth-order valence-corrected chi connectivity index (χ4v) is 7.33. The van der Waals surface area contributed by atoms with E-state index in [0.29, 0.717) is 24.3 Å². The van der Waals surface area contributed by atoms with Crippen LogP contribution < -0.4 is 10.6 Å². The largest absolute Gasteiger partial charge is 0.481 e. The van der Waals surface area contributed by atoms with Gasteiger partial charge in [-0.3, -0.25) is 28.9 Å². The van der Waals surface area contributed by atoms with Gasteiger partial charge in [0, 0.05) is 37.4 Å². The number of aliphatic carboxylic acids is 1. The molecule has 55 heavy (non-hydrogen) atoms. The Bertz CT molecular complexity index is 1490. The van der Waals surface area contributed by atoms with Gasteiger partial charge >= 0.3 is 11.9 Å². The molecule has 0 spiro atoms. The Morgan fingerprint density at radius 3 is 2.18 bits per heavy atom. The zero-order valence-electron chi connectivity index (χ0n) is 34.6. The van der Waals surface area contributed by atoms with Crippen LogP contribution in [0.1, 0.15) is 133 Å². The number of amides is 3. The van der Waals surface area contributed by atoms with Gasteiger partial charge in [0.05, 0.1) is 12.5 Å². The van der Waals surface area contributed by atoms with Gasteiger partial charge in [-0.2, -0.15) is 0 Å². The summed E-state index contributed by atoms with van der Waals surface area (Å²) in [5.74, 6) is -3.04. The van der Waals surface area contributed by atoms with Crippen molar-refractivity contribution < 1.29 is 33.8 Å². The first-order chi connectivity index (χ1) is 26.1. The number of carboxylic acid groups (broad SMARTS) is 1. The molecule has 3 amide bonds. The van der Waals surface area contributed by atoms with Gasteiger partial charge in [-0.25, -0.2) is 4.98 Å². The molecule has 0 saturated carbocycles. The maximum Gasteiger partial charge on any atom is 0.306 e. The van der Waals surface area contributed by atoms with Crippen molar-refractivity contribution in [3.63, 3.8) is 0 Å². The monoisotopic (exact) mass is 785 g/mol. The van der Waals surface area contributed by atoms with E-state index >= 15 is 0 Å². The van der Waals surface area contributed by atoms with Gasteiger partial charge in [-0.15, -0.1) is 11.3 Å². The second-order valence-electron chi connectivity index (χ2n) is 15.4. The fourth-order valence-electron chi connectivity index (χ4n) is 6.49. The molecule has 0 aliphatic carbocycles. The first kappa shape index (κ1) is 47.3. The van der Waals surface area contributed by atoms with Gasteiger partial charge in [0.2, 0.25) is 11.8 Å². The van der Waals surface area contributed by atoms with Gasteiger partial charge in [0.1, 0.15) is 16.7 Å². The lowest BCUT2D eigenvalue weighted by Crippen LogP contribution is -2.55. The maximum absolute atomic E-state index is 14.2. The summed E-state index contributed by atoms with van der Waals surface area (Å²) in [6.07, 6.45) is 5.52. The minimum atomic E-state index is -0.942. The molecule has 1 aromatic heterocycles. The van der Waals surface area contributed by atoms with Gasteiger partial charge in [0.25, 0.3) is 5.91 Å². The molecule has 0 radical (unpaired) electrons. The van der Waals surface area contributed by atoms with E-state index in [9.17, 15) is 29.1 Å². The predicted molar refractivity (Wildman–Crippen MR) is 218 cm³/mol. The number of hydrogen-bond donors (Lipinski definition) is 3. The molecule has 0 aliphatic heterocycles. The van der Waals surface area contributed by atoms with Crippen molar-refractivity contribution in [1.82, 2.24) is 25.4 Å². The number of unbranched alkanes of at least 4 members (excludes halogenated alkanes) is 3. The minimum absolute atomic E-state index is 0.0543. The number of ether oxygens (including phenoxy) is 1. The van der Waals surface area contributed by atoms with Gasteiger partial charge in [0.15, 0.2) is 6.10 Å². The third kappa shape index (κ3) is 16.4. The number of aromatic nitrogens is 1. The molecule has 1 heterocycles. The molecule has 0 saturated heterocycles. The molecule has 1 aromatic carbocycles. The van der Waals surface area contributed by atoms with E-state index in [0.717, 1.165) is 37.8 Å². The highest BCUT2D eigenvalue weighted by Gasteiger charge is 2.36. The lowest BCUT2D eigenvalue weighted by Gasteiger charge is -2.37. The lowest BCUT2D eigenvalue weighted by atomic mass is 9.93. The number of benzene rings is 1. The Morgan fingerprint density at radius 1 is 0.909 bits per heavy atom. The normalized spacial score (nSPS) is 14.7. The first-order valence-electron chi connectivity index (χ1n) is 20.1. The summed E-state index contributed by atoms with van der Waals surface area (Å²) in [5.41, 5.74) is 1.11. The van der Waals surface area contributed by atoms with Crippen molar-refractivity contribution in [3.05, 3.63) is 52.0 Å². The van der Waals surface area contributed by atoms with Crippen molar-refractivity contribution in [2.75, 3.05) is 27.2 Å². The van der Waals surface area contributed by atoms with Crippen LogP contribution in [-0.4, -0.2) is 94.9 Å². The Kier molecular flexibility index (Phi) is 21.2. The Hall–Kier alpha value is -3.84. The number of carbonyl (C=O) groups excluding carboxylic acids is 4. The van der Waals surface area contributed by atoms with E-state index in [1.54, 1.807) is 24.3 Å². The number of nitrogens with one attached hydrogen (secondary N) is 2. The smallest absolute Gasteiger partial charge is 0.306 e. The van der Waals surface area contributed by atoms with Gasteiger partial charge in [-0.1, -0.05) is 104 Å². The van der Waals surface area contributed by atoms with Crippen molar-refractivity contribution >= 4 is 41.0 Å². The van der Waals surface area contributed by atoms with Crippen molar-refractivity contribution in [1.29, 1.82) is 0 Å². The topological polar surface area (TPSA) is 158 Å². The second-order valence-corrected chi connectivity index (χ2v) is 16.2. The number of carbonyl (C=O) groups is 5. The van der Waals surface area contributed by atoms with Crippen molar-refractivity contribution in [3.8, 4) is 0 Å². The van der Waals surface area contributed by atoms with Crippen LogP contribution in [0.4, 0.5) is 0 Å². The van der Waals surface area contributed by atoms with E-state index in [1.807, 2.05) is 70.0 Å². The minimum Gasteiger partial charge on any atom is -0.481 e. The molecule has 0 unspecified atom stereocenters. The Balaban J connectivity index is 2.38. The molecular formula is C42H67N5O7S. The number of likely N-dealkylation sites (N-methyl/N-ethyl adjacent to an activating group) is 2. The number of esters is 1. The molecule has 308 valence electrons. The zero-order valence-corrected chi connectivity index (χ0v) is 35.5. The van der Waals surface area contributed by atoms with E-state index in [2.05, 4.69) is 29.5 Å². The van der Waals surface area contributed by atoms with Crippen LogP contribution in [0.2, 0.25) is 0 Å². The van der Waals surface area contributed by atoms with Crippen LogP contribution in [-0.2, 0) is 30.3 Å². The third-order valence-corrected chi connectivity index (χ3v) is 11.1. The Morgan fingerprint density at radius 2 is 1.58 bits per heavy atom. The van der Waals surface area contributed by atoms with E-state index in [-0.39, 0.29) is 61.1 Å². The summed E-state index contributed by atoms with van der Waals surface area (Å²) in [6.45, 7) is 14.7. The first-order valence-corrected chi connectivity index (χ1v) is 21.0. The molecule has 0 fully saturated rings. The maximum atomic E-state index is 14.2. The molecule has 12 nitrogen and oxygen atoms in total. The predicted octanol–water partition coefficient (Wildman–Crippen LogP) is 6.90. The average Bonchev–Trinajstić information content (AvgIpc) is 3.65. The number of carboxylic acids is 1. The summed E-state index contributed by atoms with van der Waals surface area (Å²) in [5, 5.41) is 17.7. The fraction of sp³-hybridized carbons (Fsp3) is 0.667. The molecule has 6 atom stereocenters. The third-order valence-electron chi connectivity index (χ3n) is 10.2. The summed E-state index contributed by atoms with van der Waals surface area (Å²) >= 11 is 1.21. The molecule has 2 rings (SSSR count). The zero-order chi connectivity index (χ0) is 41.1. The quantitative estimate of drug-likeness (QED) is 0.0682. The van der Waals surface area contributed by atoms with Crippen LogP contribution in [0.15, 0.2) is 35.7 Å². The van der Waals surface area contributed by atoms with Crippen LogP contribution in [0.3, 0.4) is 0 Å². The second kappa shape index (κ2) is 24.6. The summed E-state index contributed by atoms with van der Waals surface area (Å²) in [4.78, 5) is 74.2. The number of rotatable bonds is 26. The SMILES string of the molecule is CCCCCC(=O)O[C@H](C[C@H](C(C)C)N(C)C(=O)[C@@H](NC(=O)CN(C)CCCC)[C@@H](C)CC)c1nc(C(=O)N[C@@H](Cc2ccccc2)C[C@H](C)C(=O)O)cs1. The number of nitrogens with zero attached hydrogens (tertiary/aromatic N) is 3. The highest BCUT2D eigenvalue weighted by molar-refractivity contribution is 7.09. The van der Waals surface area contributed by atoms with Crippen LogP contribution in [0, 0.1) is 17.8 Å². The van der Waals surface area contributed by atoms with E-state index in [4.69, 9.17) is 4.74 Å². The molecule has 0 aliphatic rings. The number of thiazole rings is 1. The van der Waals surface area contributed by atoms with Crippen LogP contribution in [0.5, 0.6) is 0 Å². The lowest BCUT2D eigenvalue weighted by molar-refractivity contribution is -0.151. The average molecular weight is 786 g/mol. The van der Waals surface area contributed by atoms with Crippen LogP contribution >= 0.6 is 11.3 Å². The highest BCUT2D eigenvalue weighted by Crippen LogP contribution is 2.31. The summed E-state index contributed by atoms with van der Waals surface area (Å²) in [7, 11) is 3.63. The van der Waals surface area contributed by atoms with Crippen molar-refractivity contribution in [2.24, 2.45) is 17.8 Å². The molecule has 0 bridgehead atoms. The van der Waals surface area contributed by atoms with Gasteiger partial charge in [-0.05, 0) is 56.7 Å². The summed E-state index contributed by atoms with van der Waals surface area (Å²) in [6, 6.07) is 7.97. The number of hydrogen-bond acceptors (Lipinski definition) is 9. The molecule has 3 N–H and O–H groups in total. The molecular weight excluding hydrogens is 719 g/mol. The summed E-state index contributed by atoms with van der Waals surface area (Å²) < 4.78 is 6.09.